The lowest BCUT2D eigenvalue weighted by Crippen LogP contribution is -2.51. The summed E-state index contributed by atoms with van der Waals surface area (Å²) in [5.41, 5.74) is 8.16. The molecule has 2 aromatic rings. The molecule has 1 amide bonds. The molecule has 0 saturated carbocycles. The van der Waals surface area contributed by atoms with Gasteiger partial charge in [-0.05, 0) is 38.5 Å². The molecule has 21 heavy (non-hydrogen) atoms. The van der Waals surface area contributed by atoms with Crippen molar-refractivity contribution in [2.75, 3.05) is 11.4 Å². The highest BCUT2D eigenvalue weighted by Gasteiger charge is 2.34. The fourth-order valence-corrected chi connectivity index (χ4v) is 2.36. The maximum Gasteiger partial charge on any atom is 0.251 e. The van der Waals surface area contributed by atoms with Crippen LogP contribution >= 0.6 is 0 Å². The van der Waals surface area contributed by atoms with E-state index in [4.69, 9.17) is 5.73 Å². The number of carbonyl (C=O) groups is 1. The third kappa shape index (κ3) is 3.14. The first kappa shape index (κ1) is 15.3. The van der Waals surface area contributed by atoms with Crippen molar-refractivity contribution >= 4 is 11.6 Å². The fraction of sp³-hybridized carbons (Fsp3) is 0.278. The van der Waals surface area contributed by atoms with Gasteiger partial charge in [-0.2, -0.15) is 0 Å². The summed E-state index contributed by atoms with van der Waals surface area (Å²) in [4.78, 5) is 14.6. The highest BCUT2D eigenvalue weighted by molar-refractivity contribution is 6.00. The van der Waals surface area contributed by atoms with Gasteiger partial charge in [-0.3, -0.25) is 4.79 Å². The second kappa shape index (κ2) is 6.10. The average Bonchev–Trinajstić information content (AvgIpc) is 2.50. The Morgan fingerprint density at radius 2 is 1.67 bits per heavy atom. The molecular formula is C18H22N2O. The summed E-state index contributed by atoms with van der Waals surface area (Å²) in [6, 6.07) is 17.4. The molecule has 2 rings (SSSR count). The second-order valence-corrected chi connectivity index (χ2v) is 5.45. The minimum Gasteiger partial charge on any atom is -0.314 e. The monoisotopic (exact) mass is 282 g/mol. The third-order valence-corrected chi connectivity index (χ3v) is 3.72. The van der Waals surface area contributed by atoms with Crippen molar-refractivity contribution in [3.05, 3.63) is 65.7 Å². The summed E-state index contributed by atoms with van der Waals surface area (Å²) in [5, 5.41) is 0. The van der Waals surface area contributed by atoms with Gasteiger partial charge in [0.2, 0.25) is 0 Å². The van der Waals surface area contributed by atoms with Gasteiger partial charge in [0.25, 0.3) is 5.91 Å². The van der Waals surface area contributed by atoms with E-state index < -0.39 is 5.54 Å². The zero-order valence-corrected chi connectivity index (χ0v) is 12.8. The van der Waals surface area contributed by atoms with Gasteiger partial charge in [-0.15, -0.1) is 0 Å². The SMILES string of the molecule is CCN(C(=O)C(C)(N)c1ccccc1)c1ccc(C)cc1. The normalized spacial score (nSPS) is 13.5. The van der Waals surface area contributed by atoms with Crippen molar-refractivity contribution in [2.24, 2.45) is 5.73 Å². The molecule has 2 aromatic carbocycles. The Bertz CT molecular complexity index is 603. The number of carbonyl (C=O) groups excluding carboxylic acids is 1. The van der Waals surface area contributed by atoms with Crippen LogP contribution in [0.15, 0.2) is 54.6 Å². The lowest BCUT2D eigenvalue weighted by molar-refractivity contribution is -0.123. The summed E-state index contributed by atoms with van der Waals surface area (Å²) in [6.45, 7) is 6.33. The van der Waals surface area contributed by atoms with Crippen molar-refractivity contribution in [2.45, 2.75) is 26.3 Å². The number of benzene rings is 2. The number of nitrogens with zero attached hydrogens (tertiary/aromatic N) is 1. The number of amides is 1. The van der Waals surface area contributed by atoms with Crippen LogP contribution in [0.1, 0.15) is 25.0 Å². The van der Waals surface area contributed by atoms with Crippen LogP contribution < -0.4 is 10.6 Å². The molecule has 1 unspecified atom stereocenters. The van der Waals surface area contributed by atoms with Gasteiger partial charge in [0, 0.05) is 12.2 Å². The molecule has 2 N–H and O–H groups in total. The van der Waals surface area contributed by atoms with E-state index in [-0.39, 0.29) is 5.91 Å². The largest absolute Gasteiger partial charge is 0.314 e. The zero-order chi connectivity index (χ0) is 15.5. The van der Waals surface area contributed by atoms with Crippen molar-refractivity contribution in [1.29, 1.82) is 0 Å². The van der Waals surface area contributed by atoms with E-state index in [0.29, 0.717) is 6.54 Å². The summed E-state index contributed by atoms with van der Waals surface area (Å²) in [6.07, 6.45) is 0. The topological polar surface area (TPSA) is 46.3 Å². The van der Waals surface area contributed by atoms with Crippen LogP contribution in [0.5, 0.6) is 0 Å². The van der Waals surface area contributed by atoms with Crippen molar-refractivity contribution in [3.63, 3.8) is 0 Å². The standard InChI is InChI=1S/C18H22N2O/c1-4-20(16-12-10-14(2)11-13-16)17(21)18(3,19)15-8-6-5-7-9-15/h5-13H,4,19H2,1-3H3. The van der Waals surface area contributed by atoms with Crippen LogP contribution in [0.4, 0.5) is 5.69 Å². The lowest BCUT2D eigenvalue weighted by atomic mass is 9.91. The lowest BCUT2D eigenvalue weighted by Gasteiger charge is -2.31. The van der Waals surface area contributed by atoms with Crippen molar-refractivity contribution < 1.29 is 4.79 Å². The van der Waals surface area contributed by atoms with Gasteiger partial charge in [0.05, 0.1) is 0 Å². The fourth-order valence-electron chi connectivity index (χ4n) is 2.36. The first-order valence-electron chi connectivity index (χ1n) is 7.20. The Morgan fingerprint density at radius 1 is 1.10 bits per heavy atom. The van der Waals surface area contributed by atoms with Crippen LogP contribution in [0.2, 0.25) is 0 Å². The maximum atomic E-state index is 12.9. The van der Waals surface area contributed by atoms with E-state index in [1.807, 2.05) is 68.4 Å². The number of anilines is 1. The summed E-state index contributed by atoms with van der Waals surface area (Å²) in [7, 11) is 0. The van der Waals surface area contributed by atoms with E-state index in [1.165, 1.54) is 5.56 Å². The minimum atomic E-state index is -1.04. The summed E-state index contributed by atoms with van der Waals surface area (Å²) < 4.78 is 0. The van der Waals surface area contributed by atoms with Gasteiger partial charge in [-0.1, -0.05) is 48.0 Å². The van der Waals surface area contributed by atoms with Crippen LogP contribution in [0, 0.1) is 6.92 Å². The number of nitrogens with two attached hydrogens (primary N) is 1. The minimum absolute atomic E-state index is 0.0972. The molecule has 0 aromatic heterocycles. The molecule has 0 spiro atoms. The molecule has 0 radical (unpaired) electrons. The summed E-state index contributed by atoms with van der Waals surface area (Å²) in [5.74, 6) is -0.0972. The molecule has 3 heteroatoms. The Morgan fingerprint density at radius 3 is 2.19 bits per heavy atom. The quantitative estimate of drug-likeness (QED) is 0.936. The average molecular weight is 282 g/mol. The van der Waals surface area contributed by atoms with Crippen LogP contribution in [0.3, 0.4) is 0 Å². The van der Waals surface area contributed by atoms with E-state index >= 15 is 0 Å². The van der Waals surface area contributed by atoms with Gasteiger partial charge >= 0.3 is 0 Å². The Hall–Kier alpha value is -2.13. The third-order valence-electron chi connectivity index (χ3n) is 3.72. The number of hydrogen-bond donors (Lipinski definition) is 1. The van der Waals surface area contributed by atoms with E-state index in [9.17, 15) is 4.79 Å². The van der Waals surface area contributed by atoms with Crippen LogP contribution in [-0.4, -0.2) is 12.5 Å². The van der Waals surface area contributed by atoms with E-state index in [0.717, 1.165) is 11.3 Å². The summed E-state index contributed by atoms with van der Waals surface area (Å²) >= 11 is 0. The highest BCUT2D eigenvalue weighted by Crippen LogP contribution is 2.24. The molecular weight excluding hydrogens is 260 g/mol. The molecule has 0 saturated heterocycles. The van der Waals surface area contributed by atoms with Crippen LogP contribution in [-0.2, 0) is 10.3 Å². The molecule has 0 aliphatic heterocycles. The molecule has 110 valence electrons. The zero-order valence-electron chi connectivity index (χ0n) is 12.8. The molecule has 0 bridgehead atoms. The maximum absolute atomic E-state index is 12.9. The number of rotatable bonds is 4. The first-order valence-corrected chi connectivity index (χ1v) is 7.20. The first-order chi connectivity index (χ1) is 9.96. The van der Waals surface area contributed by atoms with Crippen molar-refractivity contribution in [1.82, 2.24) is 0 Å². The predicted molar refractivity (Wildman–Crippen MR) is 87.2 cm³/mol. The Balaban J connectivity index is 2.34. The van der Waals surface area contributed by atoms with Crippen LogP contribution in [0.25, 0.3) is 0 Å². The van der Waals surface area contributed by atoms with E-state index in [2.05, 4.69) is 0 Å². The predicted octanol–water partition coefficient (Wildman–Crippen LogP) is 3.22. The molecule has 0 fully saturated rings. The Kier molecular flexibility index (Phi) is 4.43. The van der Waals surface area contributed by atoms with Crippen molar-refractivity contribution in [3.8, 4) is 0 Å². The highest BCUT2D eigenvalue weighted by atomic mass is 16.2. The second-order valence-electron chi connectivity index (χ2n) is 5.45. The smallest absolute Gasteiger partial charge is 0.251 e. The van der Waals surface area contributed by atoms with Gasteiger partial charge in [0.15, 0.2) is 0 Å². The molecule has 1 atom stereocenters. The number of likely N-dealkylation sites (N-methyl/N-ethyl adjacent to an activating group) is 1. The number of hydrogen-bond acceptors (Lipinski definition) is 2. The molecule has 3 nitrogen and oxygen atoms in total. The number of aryl methyl sites for hydroxylation is 1. The van der Waals surface area contributed by atoms with Gasteiger partial charge < -0.3 is 10.6 Å². The molecule has 0 aliphatic rings. The molecule has 0 aliphatic carbocycles. The Labute approximate surface area is 126 Å². The van der Waals surface area contributed by atoms with E-state index in [1.54, 1.807) is 11.8 Å². The van der Waals surface area contributed by atoms with Gasteiger partial charge in [-0.25, -0.2) is 0 Å². The molecule has 0 heterocycles. The van der Waals surface area contributed by atoms with Gasteiger partial charge in [0.1, 0.15) is 5.54 Å².